The number of hydrogen-bond acceptors (Lipinski definition) is 2. The van der Waals surface area contributed by atoms with E-state index in [1.54, 1.807) is 12.1 Å². The first-order chi connectivity index (χ1) is 9.26. The fraction of sp³-hybridized carbons (Fsp3) is 0.200. The summed E-state index contributed by atoms with van der Waals surface area (Å²) in [7, 11) is -3.46. The highest BCUT2D eigenvalue weighted by atomic mass is 127. The van der Waals surface area contributed by atoms with Gasteiger partial charge in [0.25, 0.3) is 0 Å². The molecule has 0 aliphatic carbocycles. The Kier molecular flexibility index (Phi) is 4.80. The van der Waals surface area contributed by atoms with Crippen molar-refractivity contribution in [3.05, 3.63) is 65.2 Å². The SMILES string of the molecule is Cc1ccc(C(I)(I)S(=O)(=O)c2ccccc2C)cc1. The normalized spacial score (nSPS) is 12.4. The molecule has 0 atom stereocenters. The minimum atomic E-state index is -3.46. The number of alkyl halides is 2. The van der Waals surface area contributed by atoms with E-state index >= 15 is 0 Å². The fourth-order valence-electron chi connectivity index (χ4n) is 1.90. The molecule has 20 heavy (non-hydrogen) atoms. The van der Waals surface area contributed by atoms with Crippen LogP contribution < -0.4 is 0 Å². The van der Waals surface area contributed by atoms with Crippen LogP contribution in [0.15, 0.2) is 53.4 Å². The van der Waals surface area contributed by atoms with Crippen LogP contribution in [0, 0.1) is 13.8 Å². The van der Waals surface area contributed by atoms with E-state index in [1.807, 2.05) is 95.4 Å². The van der Waals surface area contributed by atoms with Crippen molar-refractivity contribution >= 4 is 55.0 Å². The summed E-state index contributed by atoms with van der Waals surface area (Å²) in [6.45, 7) is 3.81. The molecular weight excluding hydrogens is 498 g/mol. The quantitative estimate of drug-likeness (QED) is 0.440. The lowest BCUT2D eigenvalue weighted by Gasteiger charge is -2.23. The van der Waals surface area contributed by atoms with E-state index in [1.165, 1.54) is 0 Å². The third-order valence-corrected chi connectivity index (χ3v) is 9.78. The zero-order valence-electron chi connectivity index (χ0n) is 11.1. The highest BCUT2D eigenvalue weighted by molar-refractivity contribution is 14.2. The maximum absolute atomic E-state index is 12.9. The van der Waals surface area contributed by atoms with Crippen molar-refractivity contribution in [1.82, 2.24) is 0 Å². The number of hydrogen-bond donors (Lipinski definition) is 0. The summed E-state index contributed by atoms with van der Waals surface area (Å²) in [6, 6.07) is 14.7. The molecule has 0 amide bonds. The molecule has 2 rings (SSSR count). The van der Waals surface area contributed by atoms with Crippen LogP contribution in [0.1, 0.15) is 16.7 Å². The predicted octanol–water partition coefficient (Wildman–Crippen LogP) is 4.76. The summed E-state index contributed by atoms with van der Waals surface area (Å²) in [5, 5.41) is 0. The van der Waals surface area contributed by atoms with Gasteiger partial charge >= 0.3 is 0 Å². The summed E-state index contributed by atoms with van der Waals surface area (Å²) >= 11 is 4.03. The minimum Gasteiger partial charge on any atom is -0.221 e. The zero-order chi connectivity index (χ0) is 15.0. The van der Waals surface area contributed by atoms with E-state index in [0.29, 0.717) is 4.90 Å². The lowest BCUT2D eigenvalue weighted by atomic mass is 10.2. The molecule has 0 N–H and O–H groups in total. The molecule has 2 aromatic rings. The Hall–Kier alpha value is -0.150. The second kappa shape index (κ2) is 5.92. The van der Waals surface area contributed by atoms with E-state index in [0.717, 1.165) is 16.7 Å². The van der Waals surface area contributed by atoms with E-state index in [-0.39, 0.29) is 0 Å². The molecule has 2 nitrogen and oxygen atoms in total. The molecular formula is C15H14I2O2S. The van der Waals surface area contributed by atoms with Gasteiger partial charge in [-0.15, -0.1) is 0 Å². The van der Waals surface area contributed by atoms with Gasteiger partial charge in [0.15, 0.2) is 0 Å². The molecule has 0 spiro atoms. The first kappa shape index (κ1) is 16.2. The Morgan fingerprint density at radius 3 is 2.00 bits per heavy atom. The number of halogens is 2. The van der Waals surface area contributed by atoms with Gasteiger partial charge in [-0.3, -0.25) is 0 Å². The number of sulfone groups is 1. The lowest BCUT2D eigenvalue weighted by Crippen LogP contribution is -2.23. The van der Waals surface area contributed by atoms with Crippen molar-refractivity contribution in [2.45, 2.75) is 19.5 Å². The predicted molar refractivity (Wildman–Crippen MR) is 99.3 cm³/mol. The van der Waals surface area contributed by atoms with Gasteiger partial charge in [-0.05, 0) is 76.2 Å². The van der Waals surface area contributed by atoms with Crippen LogP contribution in [-0.4, -0.2) is 8.42 Å². The topological polar surface area (TPSA) is 34.1 Å². The van der Waals surface area contributed by atoms with Crippen molar-refractivity contribution in [2.24, 2.45) is 0 Å². The van der Waals surface area contributed by atoms with Crippen molar-refractivity contribution < 1.29 is 8.42 Å². The van der Waals surface area contributed by atoms with E-state index in [2.05, 4.69) is 0 Å². The molecule has 0 aliphatic heterocycles. The molecule has 0 saturated carbocycles. The molecule has 0 saturated heterocycles. The van der Waals surface area contributed by atoms with Crippen LogP contribution in [0.3, 0.4) is 0 Å². The zero-order valence-corrected chi connectivity index (χ0v) is 16.2. The van der Waals surface area contributed by atoms with E-state index in [9.17, 15) is 8.42 Å². The number of rotatable bonds is 3. The Balaban J connectivity index is 2.58. The minimum absolute atomic E-state index is 0.393. The molecule has 106 valence electrons. The molecule has 0 bridgehead atoms. The van der Waals surface area contributed by atoms with Crippen LogP contribution >= 0.6 is 45.2 Å². The summed E-state index contributed by atoms with van der Waals surface area (Å²) in [5.41, 5.74) is 2.68. The third-order valence-electron chi connectivity index (χ3n) is 3.11. The fourth-order valence-corrected chi connectivity index (χ4v) is 5.51. The monoisotopic (exact) mass is 512 g/mol. The van der Waals surface area contributed by atoms with E-state index in [4.69, 9.17) is 0 Å². The molecule has 0 fully saturated rings. The smallest absolute Gasteiger partial charge is 0.207 e. The average Bonchev–Trinajstić information content (AvgIpc) is 2.39. The van der Waals surface area contributed by atoms with Crippen LogP contribution in [0.25, 0.3) is 0 Å². The highest BCUT2D eigenvalue weighted by Gasteiger charge is 2.42. The van der Waals surface area contributed by atoms with Crippen molar-refractivity contribution in [3.8, 4) is 0 Å². The van der Waals surface area contributed by atoms with Gasteiger partial charge in [-0.25, -0.2) is 8.42 Å². The number of aryl methyl sites for hydroxylation is 2. The van der Waals surface area contributed by atoms with E-state index < -0.39 is 10.6 Å². The maximum Gasteiger partial charge on any atom is 0.207 e. The van der Waals surface area contributed by atoms with Gasteiger partial charge in [0.1, 0.15) is 0 Å². The van der Waals surface area contributed by atoms with Crippen LogP contribution in [-0.2, 0) is 10.6 Å². The van der Waals surface area contributed by atoms with Gasteiger partial charge in [-0.1, -0.05) is 48.0 Å². The van der Waals surface area contributed by atoms with Crippen molar-refractivity contribution in [2.75, 3.05) is 0 Å². The number of benzene rings is 2. The summed E-state index contributed by atoms with van der Waals surface area (Å²) in [6.07, 6.45) is 0. The molecule has 5 heteroatoms. The molecule has 0 unspecified atom stereocenters. The maximum atomic E-state index is 12.9. The van der Waals surface area contributed by atoms with Gasteiger partial charge in [0.2, 0.25) is 10.6 Å². The molecule has 0 radical (unpaired) electrons. The average molecular weight is 512 g/mol. The van der Waals surface area contributed by atoms with Gasteiger partial charge < -0.3 is 0 Å². The first-order valence-corrected chi connectivity index (χ1v) is 9.66. The highest BCUT2D eigenvalue weighted by Crippen LogP contribution is 2.48. The van der Waals surface area contributed by atoms with Crippen molar-refractivity contribution in [1.29, 1.82) is 0 Å². The van der Waals surface area contributed by atoms with Gasteiger partial charge in [0.05, 0.1) is 4.90 Å². The lowest BCUT2D eigenvalue weighted by molar-refractivity contribution is 0.593. The molecule has 0 aliphatic rings. The summed E-state index contributed by atoms with van der Waals surface area (Å²) < 4.78 is 24.9. The van der Waals surface area contributed by atoms with Gasteiger partial charge in [0, 0.05) is 0 Å². The third kappa shape index (κ3) is 2.89. The largest absolute Gasteiger partial charge is 0.221 e. The van der Waals surface area contributed by atoms with Crippen LogP contribution in [0.5, 0.6) is 0 Å². The standard InChI is InChI=1S/C15H14I2O2S/c1-11-7-9-13(10-8-11)15(16,17)20(18,19)14-6-4-3-5-12(14)2/h3-10H,1-2H3. The van der Waals surface area contributed by atoms with Crippen LogP contribution in [0.2, 0.25) is 0 Å². The van der Waals surface area contributed by atoms with Crippen molar-refractivity contribution in [3.63, 3.8) is 0 Å². The van der Waals surface area contributed by atoms with Crippen LogP contribution in [0.4, 0.5) is 0 Å². The Labute approximate surface area is 147 Å². The molecule has 0 heterocycles. The second-order valence-electron chi connectivity index (χ2n) is 4.65. The Bertz CT molecular complexity index is 720. The Morgan fingerprint density at radius 2 is 1.45 bits per heavy atom. The second-order valence-corrected chi connectivity index (χ2v) is 13.5. The molecule has 2 aromatic carbocycles. The summed E-state index contributed by atoms with van der Waals surface area (Å²) in [4.78, 5) is 0.393. The molecule has 0 aromatic heterocycles. The first-order valence-electron chi connectivity index (χ1n) is 6.02. The summed E-state index contributed by atoms with van der Waals surface area (Å²) in [5.74, 6) is 0. The Morgan fingerprint density at radius 1 is 0.900 bits per heavy atom. The van der Waals surface area contributed by atoms with Gasteiger partial charge in [-0.2, -0.15) is 0 Å².